The Morgan fingerprint density at radius 1 is 1.25 bits per heavy atom. The van der Waals surface area contributed by atoms with Crippen molar-refractivity contribution in [2.75, 3.05) is 13.1 Å². The first-order valence-corrected chi connectivity index (χ1v) is 6.78. The topological polar surface area (TPSA) is 41.1 Å². The van der Waals surface area contributed by atoms with E-state index in [2.05, 4.69) is 17.6 Å². The zero-order valence-corrected chi connectivity index (χ0v) is 10.3. The van der Waals surface area contributed by atoms with Gasteiger partial charge < -0.3 is 10.6 Å². The summed E-state index contributed by atoms with van der Waals surface area (Å²) in [6, 6.07) is 0.369. The second kappa shape index (κ2) is 5.67. The number of nitrogens with one attached hydrogen (secondary N) is 2. The third-order valence-corrected chi connectivity index (χ3v) is 4.16. The summed E-state index contributed by atoms with van der Waals surface area (Å²) in [5.74, 6) is 1.20. The summed E-state index contributed by atoms with van der Waals surface area (Å²) in [5, 5.41) is 6.46. The van der Waals surface area contributed by atoms with Crippen LogP contribution >= 0.6 is 0 Å². The van der Waals surface area contributed by atoms with Gasteiger partial charge in [-0.25, -0.2) is 0 Å². The highest BCUT2D eigenvalue weighted by molar-refractivity contribution is 5.79. The van der Waals surface area contributed by atoms with Crippen LogP contribution in [-0.4, -0.2) is 25.0 Å². The average Bonchev–Trinajstić information content (AvgIpc) is 2.83. The van der Waals surface area contributed by atoms with Crippen LogP contribution in [0.3, 0.4) is 0 Å². The Morgan fingerprint density at radius 2 is 2.00 bits per heavy atom. The number of hydrogen-bond acceptors (Lipinski definition) is 2. The van der Waals surface area contributed by atoms with Gasteiger partial charge in [-0.05, 0) is 38.6 Å². The van der Waals surface area contributed by atoms with Gasteiger partial charge in [-0.2, -0.15) is 0 Å². The maximum Gasteiger partial charge on any atom is 0.224 e. The molecule has 2 N–H and O–H groups in total. The van der Waals surface area contributed by atoms with Gasteiger partial charge >= 0.3 is 0 Å². The minimum atomic E-state index is 0.214. The Balaban J connectivity index is 1.76. The highest BCUT2D eigenvalue weighted by Gasteiger charge is 2.26. The molecule has 0 spiro atoms. The zero-order valence-electron chi connectivity index (χ0n) is 10.3. The summed E-state index contributed by atoms with van der Waals surface area (Å²) in [6.07, 6.45) is 7.66. The summed E-state index contributed by atoms with van der Waals surface area (Å²) in [4.78, 5) is 11.9. The van der Waals surface area contributed by atoms with Crippen molar-refractivity contribution in [1.29, 1.82) is 0 Å². The van der Waals surface area contributed by atoms with Crippen LogP contribution in [-0.2, 0) is 4.79 Å². The van der Waals surface area contributed by atoms with Crippen LogP contribution in [0.5, 0.6) is 0 Å². The summed E-state index contributed by atoms with van der Waals surface area (Å²) in [6.45, 7) is 4.04. The lowest BCUT2D eigenvalue weighted by Crippen LogP contribution is -2.42. The van der Waals surface area contributed by atoms with E-state index >= 15 is 0 Å². The molecule has 0 aromatic carbocycles. The second-order valence-corrected chi connectivity index (χ2v) is 5.39. The first-order chi connectivity index (χ1) is 7.77. The SMILES string of the molecule is C[C@H](NC(=O)C1CCNC1)C1CCCCC1. The van der Waals surface area contributed by atoms with Crippen molar-refractivity contribution >= 4 is 5.91 Å². The van der Waals surface area contributed by atoms with Crippen LogP contribution in [0.25, 0.3) is 0 Å². The Hall–Kier alpha value is -0.570. The fourth-order valence-electron chi connectivity index (χ4n) is 2.97. The van der Waals surface area contributed by atoms with Crippen molar-refractivity contribution in [3.63, 3.8) is 0 Å². The average molecular weight is 224 g/mol. The number of amides is 1. The molecule has 1 heterocycles. The summed E-state index contributed by atoms with van der Waals surface area (Å²) in [7, 11) is 0. The molecule has 1 saturated carbocycles. The molecule has 16 heavy (non-hydrogen) atoms. The van der Waals surface area contributed by atoms with E-state index in [-0.39, 0.29) is 11.8 Å². The zero-order chi connectivity index (χ0) is 11.4. The normalized spacial score (nSPS) is 28.9. The van der Waals surface area contributed by atoms with Crippen LogP contribution in [0.15, 0.2) is 0 Å². The quantitative estimate of drug-likeness (QED) is 0.766. The maximum atomic E-state index is 11.9. The molecule has 1 saturated heterocycles. The van der Waals surface area contributed by atoms with Crippen molar-refractivity contribution in [1.82, 2.24) is 10.6 Å². The van der Waals surface area contributed by atoms with Crippen LogP contribution in [0, 0.1) is 11.8 Å². The minimum absolute atomic E-state index is 0.214. The van der Waals surface area contributed by atoms with E-state index in [1.54, 1.807) is 0 Å². The van der Waals surface area contributed by atoms with Gasteiger partial charge in [-0.3, -0.25) is 4.79 Å². The lowest BCUT2D eigenvalue weighted by atomic mass is 9.84. The van der Waals surface area contributed by atoms with Crippen LogP contribution < -0.4 is 10.6 Å². The Bertz CT molecular complexity index is 230. The fourth-order valence-corrected chi connectivity index (χ4v) is 2.97. The third kappa shape index (κ3) is 2.97. The minimum Gasteiger partial charge on any atom is -0.353 e. The molecule has 0 aromatic rings. The van der Waals surface area contributed by atoms with Gasteiger partial charge in [-0.1, -0.05) is 19.3 Å². The van der Waals surface area contributed by atoms with Crippen molar-refractivity contribution in [2.45, 2.75) is 51.5 Å². The van der Waals surface area contributed by atoms with Gasteiger partial charge in [-0.15, -0.1) is 0 Å². The molecule has 0 radical (unpaired) electrons. The first-order valence-electron chi connectivity index (χ1n) is 6.78. The number of rotatable bonds is 3. The van der Waals surface area contributed by atoms with E-state index in [0.29, 0.717) is 12.0 Å². The van der Waals surface area contributed by atoms with E-state index < -0.39 is 0 Å². The van der Waals surface area contributed by atoms with E-state index in [0.717, 1.165) is 19.5 Å². The van der Waals surface area contributed by atoms with E-state index in [1.165, 1.54) is 32.1 Å². The largest absolute Gasteiger partial charge is 0.353 e. The predicted octanol–water partition coefficient (Wildman–Crippen LogP) is 1.68. The van der Waals surface area contributed by atoms with Crippen LogP contribution in [0.4, 0.5) is 0 Å². The number of hydrogen-bond donors (Lipinski definition) is 2. The summed E-state index contributed by atoms with van der Waals surface area (Å²) < 4.78 is 0. The number of carbonyl (C=O) groups is 1. The Kier molecular flexibility index (Phi) is 4.22. The monoisotopic (exact) mass is 224 g/mol. The van der Waals surface area contributed by atoms with Crippen LogP contribution in [0.2, 0.25) is 0 Å². The van der Waals surface area contributed by atoms with Gasteiger partial charge in [0.25, 0.3) is 0 Å². The van der Waals surface area contributed by atoms with Crippen molar-refractivity contribution < 1.29 is 4.79 Å². The van der Waals surface area contributed by atoms with E-state index in [1.807, 2.05) is 0 Å². The summed E-state index contributed by atoms with van der Waals surface area (Å²) in [5.41, 5.74) is 0. The van der Waals surface area contributed by atoms with E-state index in [9.17, 15) is 4.79 Å². The molecule has 92 valence electrons. The summed E-state index contributed by atoms with van der Waals surface area (Å²) >= 11 is 0. The van der Waals surface area contributed by atoms with E-state index in [4.69, 9.17) is 0 Å². The molecule has 1 aliphatic carbocycles. The molecule has 2 atom stereocenters. The molecule has 1 amide bonds. The number of carbonyl (C=O) groups excluding carboxylic acids is 1. The smallest absolute Gasteiger partial charge is 0.224 e. The fraction of sp³-hybridized carbons (Fsp3) is 0.923. The Labute approximate surface area is 98.4 Å². The van der Waals surface area contributed by atoms with Gasteiger partial charge in [0.2, 0.25) is 5.91 Å². The highest BCUT2D eigenvalue weighted by atomic mass is 16.2. The van der Waals surface area contributed by atoms with Crippen molar-refractivity contribution in [3.05, 3.63) is 0 Å². The molecule has 1 aliphatic heterocycles. The first kappa shape index (κ1) is 11.9. The second-order valence-electron chi connectivity index (χ2n) is 5.39. The van der Waals surface area contributed by atoms with Gasteiger partial charge in [0.15, 0.2) is 0 Å². The van der Waals surface area contributed by atoms with Crippen LogP contribution in [0.1, 0.15) is 45.4 Å². The molecular formula is C13H24N2O. The standard InChI is InChI=1S/C13H24N2O/c1-10(11-5-3-2-4-6-11)15-13(16)12-7-8-14-9-12/h10-12,14H,2-9H2,1H3,(H,15,16)/t10-,12?/m0/s1. The molecule has 1 unspecified atom stereocenters. The molecule has 0 aromatic heterocycles. The molecular weight excluding hydrogens is 200 g/mol. The van der Waals surface area contributed by atoms with Crippen molar-refractivity contribution in [3.8, 4) is 0 Å². The van der Waals surface area contributed by atoms with Gasteiger partial charge in [0.1, 0.15) is 0 Å². The predicted molar refractivity (Wildman–Crippen MR) is 65.2 cm³/mol. The highest BCUT2D eigenvalue weighted by Crippen LogP contribution is 2.26. The molecule has 3 nitrogen and oxygen atoms in total. The maximum absolute atomic E-state index is 11.9. The molecule has 2 aliphatic rings. The lowest BCUT2D eigenvalue weighted by molar-refractivity contribution is -0.125. The third-order valence-electron chi connectivity index (χ3n) is 4.16. The van der Waals surface area contributed by atoms with Crippen molar-refractivity contribution in [2.24, 2.45) is 11.8 Å². The van der Waals surface area contributed by atoms with Gasteiger partial charge in [0, 0.05) is 12.6 Å². The lowest BCUT2D eigenvalue weighted by Gasteiger charge is -2.29. The Morgan fingerprint density at radius 3 is 2.62 bits per heavy atom. The molecule has 0 bridgehead atoms. The van der Waals surface area contributed by atoms with Gasteiger partial charge in [0.05, 0.1) is 5.92 Å². The molecule has 2 fully saturated rings. The molecule has 3 heteroatoms. The molecule has 2 rings (SSSR count).